The van der Waals surface area contributed by atoms with Crippen LogP contribution in [0.2, 0.25) is 0 Å². The molecule has 0 bridgehead atoms. The van der Waals surface area contributed by atoms with Crippen LogP contribution in [-0.4, -0.2) is 9.78 Å². The van der Waals surface area contributed by atoms with E-state index in [1.165, 1.54) is 5.56 Å². The van der Waals surface area contributed by atoms with Crippen LogP contribution >= 0.6 is 0 Å². The van der Waals surface area contributed by atoms with Crippen LogP contribution in [0.5, 0.6) is 0 Å². The van der Waals surface area contributed by atoms with Gasteiger partial charge in [0.05, 0.1) is 0 Å². The predicted octanol–water partition coefficient (Wildman–Crippen LogP) is 2.24. The molecule has 0 aliphatic rings. The van der Waals surface area contributed by atoms with E-state index >= 15 is 0 Å². The summed E-state index contributed by atoms with van der Waals surface area (Å²) in [4.78, 5) is 0. The molecule has 0 aliphatic heterocycles. The third kappa shape index (κ3) is 2.21. The van der Waals surface area contributed by atoms with E-state index in [-0.39, 0.29) is 0 Å². The predicted molar refractivity (Wildman–Crippen MR) is 58.7 cm³/mol. The van der Waals surface area contributed by atoms with Crippen molar-refractivity contribution >= 4 is 5.82 Å². The number of aromatic nitrogens is 2. The fourth-order valence-electron chi connectivity index (χ4n) is 1.55. The van der Waals surface area contributed by atoms with Gasteiger partial charge in [0.15, 0.2) is 0 Å². The lowest BCUT2D eigenvalue weighted by Crippen LogP contribution is -2.00. The molecule has 0 saturated heterocycles. The Morgan fingerprint density at radius 3 is 2.80 bits per heavy atom. The van der Waals surface area contributed by atoms with Crippen LogP contribution in [-0.2, 0) is 13.6 Å². The van der Waals surface area contributed by atoms with Crippen molar-refractivity contribution in [3.63, 3.8) is 0 Å². The van der Waals surface area contributed by atoms with Crippen molar-refractivity contribution < 1.29 is 4.42 Å². The number of rotatable bonds is 3. The van der Waals surface area contributed by atoms with E-state index in [1.807, 2.05) is 39.2 Å². The fourth-order valence-corrected chi connectivity index (χ4v) is 1.55. The van der Waals surface area contributed by atoms with Gasteiger partial charge >= 0.3 is 0 Å². The zero-order valence-corrected chi connectivity index (χ0v) is 9.24. The molecule has 0 aromatic carbocycles. The molecular formula is C11H15N3O. The van der Waals surface area contributed by atoms with Crippen LogP contribution < -0.4 is 5.32 Å². The minimum Gasteiger partial charge on any atom is -0.466 e. The van der Waals surface area contributed by atoms with Crippen molar-refractivity contribution in [3.05, 3.63) is 35.4 Å². The van der Waals surface area contributed by atoms with E-state index in [9.17, 15) is 0 Å². The monoisotopic (exact) mass is 205 g/mol. The first-order chi connectivity index (χ1) is 7.15. The first-order valence-corrected chi connectivity index (χ1v) is 4.94. The first kappa shape index (κ1) is 9.83. The number of aryl methyl sites for hydroxylation is 3. The molecular weight excluding hydrogens is 190 g/mol. The number of anilines is 1. The molecule has 0 radical (unpaired) electrons. The zero-order chi connectivity index (χ0) is 10.8. The smallest absolute Gasteiger partial charge is 0.148 e. The summed E-state index contributed by atoms with van der Waals surface area (Å²) in [7, 11) is 1.90. The number of nitrogens with one attached hydrogen (secondary N) is 1. The van der Waals surface area contributed by atoms with Crippen molar-refractivity contribution in [2.24, 2.45) is 7.05 Å². The van der Waals surface area contributed by atoms with Gasteiger partial charge < -0.3 is 9.73 Å². The molecule has 0 fully saturated rings. The van der Waals surface area contributed by atoms with Crippen molar-refractivity contribution in [1.29, 1.82) is 0 Å². The minimum absolute atomic E-state index is 0.750. The Labute approximate surface area is 88.9 Å². The number of hydrogen-bond donors (Lipinski definition) is 1. The van der Waals surface area contributed by atoms with Crippen molar-refractivity contribution in [1.82, 2.24) is 9.78 Å². The maximum Gasteiger partial charge on any atom is 0.148 e. The van der Waals surface area contributed by atoms with Gasteiger partial charge in [0.25, 0.3) is 0 Å². The lowest BCUT2D eigenvalue weighted by atomic mass is 10.2. The molecule has 4 nitrogen and oxygen atoms in total. The highest BCUT2D eigenvalue weighted by Gasteiger charge is 2.04. The maximum absolute atomic E-state index is 5.44. The highest BCUT2D eigenvalue weighted by molar-refractivity contribution is 5.34. The van der Waals surface area contributed by atoms with Gasteiger partial charge in [0, 0.05) is 31.4 Å². The average Bonchev–Trinajstić information content (AvgIpc) is 2.70. The van der Waals surface area contributed by atoms with Gasteiger partial charge in [-0.15, -0.1) is 0 Å². The molecule has 4 heteroatoms. The Morgan fingerprint density at radius 1 is 1.47 bits per heavy atom. The maximum atomic E-state index is 5.44. The van der Waals surface area contributed by atoms with Gasteiger partial charge in [-0.1, -0.05) is 0 Å². The van der Waals surface area contributed by atoms with Crippen molar-refractivity contribution in [3.8, 4) is 0 Å². The summed E-state index contributed by atoms with van der Waals surface area (Å²) >= 11 is 0. The van der Waals surface area contributed by atoms with Gasteiger partial charge in [-0.05, 0) is 19.9 Å². The lowest BCUT2D eigenvalue weighted by molar-refractivity contribution is 0.501. The van der Waals surface area contributed by atoms with Gasteiger partial charge in [-0.3, -0.25) is 4.68 Å². The highest BCUT2D eigenvalue weighted by atomic mass is 16.3. The van der Waals surface area contributed by atoms with Crippen LogP contribution in [0.15, 0.2) is 22.7 Å². The van der Waals surface area contributed by atoms with Gasteiger partial charge in [0.2, 0.25) is 0 Å². The Balaban J connectivity index is 2.01. The molecule has 1 N–H and O–H groups in total. The van der Waals surface area contributed by atoms with E-state index in [0.717, 1.165) is 23.9 Å². The Morgan fingerprint density at radius 2 is 2.27 bits per heavy atom. The fraction of sp³-hybridized carbons (Fsp3) is 0.364. The summed E-state index contributed by atoms with van der Waals surface area (Å²) in [6.07, 6.45) is 1.91. The van der Waals surface area contributed by atoms with Gasteiger partial charge in [0.1, 0.15) is 17.3 Å². The van der Waals surface area contributed by atoms with E-state index in [2.05, 4.69) is 10.4 Å². The lowest BCUT2D eigenvalue weighted by Gasteiger charge is -2.00. The molecule has 15 heavy (non-hydrogen) atoms. The van der Waals surface area contributed by atoms with Crippen LogP contribution in [0, 0.1) is 13.8 Å². The summed E-state index contributed by atoms with van der Waals surface area (Å²) < 4.78 is 7.22. The van der Waals surface area contributed by atoms with E-state index in [4.69, 9.17) is 4.42 Å². The molecule has 0 amide bonds. The summed E-state index contributed by atoms with van der Waals surface area (Å²) in [5.74, 6) is 2.80. The Kier molecular flexibility index (Phi) is 2.49. The van der Waals surface area contributed by atoms with Crippen molar-refractivity contribution in [2.75, 3.05) is 5.32 Å². The molecule has 2 rings (SSSR count). The van der Waals surface area contributed by atoms with E-state index in [0.29, 0.717) is 0 Å². The highest BCUT2D eigenvalue weighted by Crippen LogP contribution is 2.15. The zero-order valence-electron chi connectivity index (χ0n) is 9.24. The second kappa shape index (κ2) is 3.81. The molecule has 0 saturated carbocycles. The van der Waals surface area contributed by atoms with Crippen LogP contribution in [0.25, 0.3) is 0 Å². The normalized spacial score (nSPS) is 10.6. The first-order valence-electron chi connectivity index (χ1n) is 4.94. The second-order valence-electron chi connectivity index (χ2n) is 3.67. The molecule has 2 aromatic rings. The van der Waals surface area contributed by atoms with Crippen LogP contribution in [0.4, 0.5) is 5.82 Å². The van der Waals surface area contributed by atoms with Gasteiger partial charge in [-0.25, -0.2) is 0 Å². The molecule has 80 valence electrons. The standard InChI is InChI=1S/C11H15N3O/c1-8-6-10(9(2)15-8)7-12-11-4-5-14(3)13-11/h4-6H,7H2,1-3H3,(H,12,13). The SMILES string of the molecule is Cc1cc(CNc2ccn(C)n2)c(C)o1. The Hall–Kier alpha value is -1.71. The minimum atomic E-state index is 0.750. The summed E-state index contributed by atoms with van der Waals surface area (Å²) in [5, 5.41) is 7.48. The molecule has 0 unspecified atom stereocenters. The number of nitrogens with zero attached hydrogens (tertiary/aromatic N) is 2. The average molecular weight is 205 g/mol. The van der Waals surface area contributed by atoms with Gasteiger partial charge in [-0.2, -0.15) is 5.10 Å². The summed E-state index contributed by atoms with van der Waals surface area (Å²) in [6.45, 7) is 4.68. The molecule has 0 atom stereocenters. The Bertz CT molecular complexity index is 456. The van der Waals surface area contributed by atoms with E-state index in [1.54, 1.807) is 4.68 Å². The largest absolute Gasteiger partial charge is 0.466 e. The van der Waals surface area contributed by atoms with Crippen LogP contribution in [0.3, 0.4) is 0 Å². The third-order valence-corrected chi connectivity index (χ3v) is 2.32. The topological polar surface area (TPSA) is 43.0 Å². The summed E-state index contributed by atoms with van der Waals surface area (Å²) in [6, 6.07) is 3.99. The summed E-state index contributed by atoms with van der Waals surface area (Å²) in [5.41, 5.74) is 1.18. The third-order valence-electron chi connectivity index (χ3n) is 2.32. The number of hydrogen-bond acceptors (Lipinski definition) is 3. The molecule has 2 heterocycles. The molecule has 2 aromatic heterocycles. The van der Waals surface area contributed by atoms with Crippen LogP contribution in [0.1, 0.15) is 17.1 Å². The van der Waals surface area contributed by atoms with E-state index < -0.39 is 0 Å². The second-order valence-corrected chi connectivity index (χ2v) is 3.67. The molecule has 0 spiro atoms. The quantitative estimate of drug-likeness (QED) is 0.835. The molecule has 0 aliphatic carbocycles. The van der Waals surface area contributed by atoms with Crippen molar-refractivity contribution in [2.45, 2.75) is 20.4 Å². The number of furan rings is 1.